The molecule has 0 saturated heterocycles. The Morgan fingerprint density at radius 3 is 2.24 bits per heavy atom. The molecule has 21 heavy (non-hydrogen) atoms. The average Bonchev–Trinajstić information content (AvgIpc) is 2.47. The van der Waals surface area contributed by atoms with Crippen LogP contribution in [0.2, 0.25) is 5.02 Å². The lowest BCUT2D eigenvalue weighted by Gasteiger charge is -2.18. The van der Waals surface area contributed by atoms with Gasteiger partial charge in [-0.25, -0.2) is 18.6 Å². The molecule has 0 heterocycles. The van der Waals surface area contributed by atoms with Crippen LogP contribution >= 0.6 is 11.6 Å². The molecule has 1 atom stereocenters. The molecule has 3 N–H and O–H groups in total. The lowest BCUT2D eigenvalue weighted by atomic mass is 9.98. The second-order valence-electron chi connectivity index (χ2n) is 4.29. The SMILES string of the molecule is COc1cc(C(NN)c2cc(F)c(F)c(F)c2)ccc1Cl. The molecule has 0 spiro atoms. The molecule has 0 aliphatic heterocycles. The first-order valence-corrected chi connectivity index (χ1v) is 6.29. The Morgan fingerprint density at radius 1 is 1.10 bits per heavy atom. The van der Waals surface area contributed by atoms with Crippen LogP contribution in [-0.4, -0.2) is 7.11 Å². The van der Waals surface area contributed by atoms with Crippen LogP contribution in [0.1, 0.15) is 17.2 Å². The molecule has 0 aromatic heterocycles. The monoisotopic (exact) mass is 316 g/mol. The third-order valence-electron chi connectivity index (χ3n) is 3.01. The van der Waals surface area contributed by atoms with E-state index in [-0.39, 0.29) is 5.56 Å². The van der Waals surface area contributed by atoms with Crippen molar-refractivity contribution < 1.29 is 17.9 Å². The first-order chi connectivity index (χ1) is 9.97. The topological polar surface area (TPSA) is 47.3 Å². The summed E-state index contributed by atoms with van der Waals surface area (Å²) < 4.78 is 44.8. The van der Waals surface area contributed by atoms with Crippen molar-refractivity contribution in [2.45, 2.75) is 6.04 Å². The second kappa shape index (κ2) is 6.34. The molecule has 0 aliphatic rings. The Kier molecular flexibility index (Phi) is 4.72. The number of nitrogens with two attached hydrogens (primary N) is 1. The van der Waals surface area contributed by atoms with Gasteiger partial charge >= 0.3 is 0 Å². The van der Waals surface area contributed by atoms with E-state index in [9.17, 15) is 13.2 Å². The largest absolute Gasteiger partial charge is 0.495 e. The van der Waals surface area contributed by atoms with E-state index in [1.54, 1.807) is 18.2 Å². The van der Waals surface area contributed by atoms with Crippen LogP contribution in [0, 0.1) is 17.5 Å². The summed E-state index contributed by atoms with van der Waals surface area (Å²) in [5, 5.41) is 0.383. The van der Waals surface area contributed by atoms with Crippen molar-refractivity contribution in [3.8, 4) is 5.75 Å². The molecule has 7 heteroatoms. The Hall–Kier alpha value is -1.76. The van der Waals surface area contributed by atoms with E-state index in [0.717, 1.165) is 12.1 Å². The molecular weight excluding hydrogens is 305 g/mol. The molecule has 112 valence electrons. The van der Waals surface area contributed by atoms with Crippen LogP contribution in [0.4, 0.5) is 13.2 Å². The van der Waals surface area contributed by atoms with Gasteiger partial charge in [-0.3, -0.25) is 5.84 Å². The van der Waals surface area contributed by atoms with Crippen molar-refractivity contribution in [1.82, 2.24) is 5.43 Å². The minimum absolute atomic E-state index is 0.137. The molecule has 0 aliphatic carbocycles. The molecule has 0 saturated carbocycles. The summed E-state index contributed by atoms with van der Waals surface area (Å²) in [6.07, 6.45) is 0. The highest BCUT2D eigenvalue weighted by Crippen LogP contribution is 2.31. The summed E-state index contributed by atoms with van der Waals surface area (Å²) in [4.78, 5) is 0. The Morgan fingerprint density at radius 2 is 1.71 bits per heavy atom. The second-order valence-corrected chi connectivity index (χ2v) is 4.70. The molecule has 2 aromatic carbocycles. The van der Waals surface area contributed by atoms with Crippen LogP contribution in [0.3, 0.4) is 0 Å². The van der Waals surface area contributed by atoms with E-state index in [4.69, 9.17) is 22.2 Å². The van der Waals surface area contributed by atoms with Crippen LogP contribution in [0.5, 0.6) is 5.75 Å². The Bertz CT molecular complexity index is 644. The molecular formula is C14H12ClF3N2O. The smallest absolute Gasteiger partial charge is 0.194 e. The highest BCUT2D eigenvalue weighted by atomic mass is 35.5. The zero-order valence-corrected chi connectivity index (χ0v) is 11.7. The normalized spacial score (nSPS) is 12.3. The fourth-order valence-electron chi connectivity index (χ4n) is 1.98. The number of methoxy groups -OCH3 is 1. The van der Waals surface area contributed by atoms with Crippen LogP contribution < -0.4 is 16.0 Å². The minimum Gasteiger partial charge on any atom is -0.495 e. The third kappa shape index (κ3) is 3.12. The van der Waals surface area contributed by atoms with E-state index in [2.05, 4.69) is 5.43 Å². The predicted octanol–water partition coefficient (Wildman–Crippen LogP) is 3.32. The number of rotatable bonds is 4. The maximum absolute atomic E-state index is 13.3. The van der Waals surface area contributed by atoms with E-state index < -0.39 is 23.5 Å². The quantitative estimate of drug-likeness (QED) is 0.517. The lowest BCUT2D eigenvalue weighted by Crippen LogP contribution is -2.29. The van der Waals surface area contributed by atoms with E-state index in [1.807, 2.05) is 0 Å². The standard InChI is InChI=1S/C14H12ClF3N2O/c1-21-12-6-7(2-3-9(12)15)14(20-19)8-4-10(16)13(18)11(17)5-8/h2-6,14,20H,19H2,1H3. The summed E-state index contributed by atoms with van der Waals surface area (Å²) in [5.74, 6) is 1.73. The molecule has 3 nitrogen and oxygen atoms in total. The van der Waals surface area contributed by atoms with Gasteiger partial charge < -0.3 is 4.74 Å². The molecule has 0 amide bonds. The zero-order valence-electron chi connectivity index (χ0n) is 11.0. The van der Waals surface area contributed by atoms with Gasteiger partial charge in [0.2, 0.25) is 0 Å². The van der Waals surface area contributed by atoms with Crippen LogP contribution in [0.25, 0.3) is 0 Å². The fraction of sp³-hybridized carbons (Fsp3) is 0.143. The van der Waals surface area contributed by atoms with Gasteiger partial charge in [0.15, 0.2) is 17.5 Å². The van der Waals surface area contributed by atoms with Gasteiger partial charge in [-0.05, 0) is 35.4 Å². The van der Waals surface area contributed by atoms with Crippen LogP contribution in [-0.2, 0) is 0 Å². The first kappa shape index (κ1) is 15.6. The summed E-state index contributed by atoms with van der Waals surface area (Å²) in [5.41, 5.74) is 3.12. The maximum Gasteiger partial charge on any atom is 0.194 e. The molecule has 1 unspecified atom stereocenters. The number of hydrazine groups is 1. The first-order valence-electron chi connectivity index (χ1n) is 5.92. The van der Waals surface area contributed by atoms with E-state index in [0.29, 0.717) is 16.3 Å². The molecule has 2 rings (SSSR count). The van der Waals surface area contributed by atoms with Crippen LogP contribution in [0.15, 0.2) is 30.3 Å². The third-order valence-corrected chi connectivity index (χ3v) is 3.33. The summed E-state index contributed by atoms with van der Waals surface area (Å²) in [6.45, 7) is 0. The number of ether oxygens (including phenoxy) is 1. The van der Waals surface area contributed by atoms with Gasteiger partial charge in [0.05, 0.1) is 18.2 Å². The number of hydrogen-bond donors (Lipinski definition) is 2. The molecule has 0 fully saturated rings. The average molecular weight is 317 g/mol. The van der Waals surface area contributed by atoms with Gasteiger partial charge in [0.1, 0.15) is 5.75 Å². The maximum atomic E-state index is 13.3. The van der Waals surface area contributed by atoms with Gasteiger partial charge in [-0.15, -0.1) is 0 Å². The molecule has 0 radical (unpaired) electrons. The molecule has 0 bridgehead atoms. The predicted molar refractivity (Wildman–Crippen MR) is 73.5 cm³/mol. The number of hydrogen-bond acceptors (Lipinski definition) is 3. The minimum atomic E-state index is -1.52. The van der Waals surface area contributed by atoms with Gasteiger partial charge in [-0.2, -0.15) is 0 Å². The fourth-order valence-corrected chi connectivity index (χ4v) is 2.18. The Balaban J connectivity index is 2.49. The van der Waals surface area contributed by atoms with E-state index in [1.165, 1.54) is 7.11 Å². The number of nitrogens with one attached hydrogen (secondary N) is 1. The van der Waals surface area contributed by atoms with Gasteiger partial charge in [-0.1, -0.05) is 17.7 Å². The van der Waals surface area contributed by atoms with Crippen molar-refractivity contribution in [3.63, 3.8) is 0 Å². The van der Waals surface area contributed by atoms with Crippen molar-refractivity contribution in [2.24, 2.45) is 5.84 Å². The van der Waals surface area contributed by atoms with Crippen molar-refractivity contribution in [3.05, 3.63) is 63.9 Å². The van der Waals surface area contributed by atoms with Crippen molar-refractivity contribution in [1.29, 1.82) is 0 Å². The lowest BCUT2D eigenvalue weighted by molar-refractivity contribution is 0.413. The number of halogens is 4. The summed E-state index contributed by atoms with van der Waals surface area (Å²) in [7, 11) is 1.44. The molecule has 2 aromatic rings. The highest BCUT2D eigenvalue weighted by molar-refractivity contribution is 6.32. The van der Waals surface area contributed by atoms with Crippen molar-refractivity contribution >= 4 is 11.6 Å². The zero-order chi connectivity index (χ0) is 15.6. The summed E-state index contributed by atoms with van der Waals surface area (Å²) in [6, 6.07) is 5.77. The van der Waals surface area contributed by atoms with Gasteiger partial charge in [0.25, 0.3) is 0 Å². The Labute approximate surface area is 124 Å². The van der Waals surface area contributed by atoms with Gasteiger partial charge in [0, 0.05) is 0 Å². The number of benzene rings is 2. The summed E-state index contributed by atoms with van der Waals surface area (Å²) >= 11 is 5.92. The van der Waals surface area contributed by atoms with E-state index >= 15 is 0 Å². The van der Waals surface area contributed by atoms with Crippen molar-refractivity contribution in [2.75, 3.05) is 7.11 Å². The highest BCUT2D eigenvalue weighted by Gasteiger charge is 2.19.